The smallest absolute Gasteiger partial charge is 0.166 e. The third kappa shape index (κ3) is 3.23. The first kappa shape index (κ1) is 13.4. The molecule has 0 bridgehead atoms. The molecule has 0 saturated carbocycles. The molecule has 2 rings (SSSR count). The molecule has 100 valence electrons. The van der Waals surface area contributed by atoms with Crippen LogP contribution in [-0.4, -0.2) is 12.2 Å². The number of ether oxygens (including phenoxy) is 2. The van der Waals surface area contributed by atoms with E-state index in [1.807, 2.05) is 30.3 Å². The minimum Gasteiger partial charge on any atom is -0.492 e. The summed E-state index contributed by atoms with van der Waals surface area (Å²) in [6.07, 6.45) is 0. The third-order valence-electron chi connectivity index (χ3n) is 2.71. The van der Waals surface area contributed by atoms with Gasteiger partial charge in [-0.2, -0.15) is 0 Å². The molecule has 0 atom stereocenters. The number of benzene rings is 2. The molecule has 0 amide bonds. The van der Waals surface area contributed by atoms with E-state index in [0.29, 0.717) is 17.9 Å². The molecular formula is C15H15FO3. The summed E-state index contributed by atoms with van der Waals surface area (Å²) in [6.45, 7) is 0.00809. The van der Waals surface area contributed by atoms with Crippen molar-refractivity contribution in [2.45, 2.75) is 13.2 Å². The van der Waals surface area contributed by atoms with E-state index in [1.165, 1.54) is 19.2 Å². The Bertz CT molecular complexity index is 541. The van der Waals surface area contributed by atoms with E-state index in [1.54, 1.807) is 0 Å². The van der Waals surface area contributed by atoms with Gasteiger partial charge < -0.3 is 14.6 Å². The highest BCUT2D eigenvalue weighted by Gasteiger charge is 2.12. The summed E-state index contributed by atoms with van der Waals surface area (Å²) >= 11 is 0. The molecule has 4 heteroatoms. The Morgan fingerprint density at radius 1 is 1.16 bits per heavy atom. The lowest BCUT2D eigenvalue weighted by Gasteiger charge is -2.13. The zero-order chi connectivity index (χ0) is 13.7. The van der Waals surface area contributed by atoms with E-state index >= 15 is 0 Å². The van der Waals surface area contributed by atoms with Gasteiger partial charge in [0.1, 0.15) is 12.4 Å². The van der Waals surface area contributed by atoms with Crippen molar-refractivity contribution in [3.05, 3.63) is 59.4 Å². The van der Waals surface area contributed by atoms with Crippen LogP contribution in [0.1, 0.15) is 11.1 Å². The van der Waals surface area contributed by atoms with Crippen molar-refractivity contribution in [1.82, 2.24) is 0 Å². The fourth-order valence-corrected chi connectivity index (χ4v) is 1.81. The highest BCUT2D eigenvalue weighted by atomic mass is 19.1. The average Bonchev–Trinajstić information content (AvgIpc) is 2.45. The molecule has 0 heterocycles. The molecule has 19 heavy (non-hydrogen) atoms. The summed E-state index contributed by atoms with van der Waals surface area (Å²) in [5.41, 5.74) is 1.34. The minimum absolute atomic E-state index is 0.287. The summed E-state index contributed by atoms with van der Waals surface area (Å²) in [5.74, 6) is 0.183. The van der Waals surface area contributed by atoms with Crippen molar-refractivity contribution in [3.8, 4) is 11.5 Å². The minimum atomic E-state index is -0.465. The highest BCUT2D eigenvalue weighted by molar-refractivity contribution is 5.47. The van der Waals surface area contributed by atoms with Crippen molar-refractivity contribution in [1.29, 1.82) is 0 Å². The number of methoxy groups -OCH3 is 1. The molecule has 0 aliphatic rings. The van der Waals surface area contributed by atoms with Crippen LogP contribution < -0.4 is 9.47 Å². The van der Waals surface area contributed by atoms with Crippen LogP contribution in [0.5, 0.6) is 11.5 Å². The lowest BCUT2D eigenvalue weighted by atomic mass is 10.2. The molecule has 0 aliphatic heterocycles. The topological polar surface area (TPSA) is 38.7 Å². The van der Waals surface area contributed by atoms with Crippen LogP contribution in [-0.2, 0) is 13.2 Å². The van der Waals surface area contributed by atoms with Gasteiger partial charge in [0.2, 0.25) is 0 Å². The fraction of sp³-hybridized carbons (Fsp3) is 0.200. The second-order valence-corrected chi connectivity index (χ2v) is 4.03. The van der Waals surface area contributed by atoms with Gasteiger partial charge in [-0.3, -0.25) is 0 Å². The van der Waals surface area contributed by atoms with Crippen LogP contribution >= 0.6 is 0 Å². The van der Waals surface area contributed by atoms with Crippen LogP contribution in [0.4, 0.5) is 4.39 Å². The van der Waals surface area contributed by atoms with Crippen LogP contribution in [0, 0.1) is 5.82 Å². The molecule has 2 aromatic rings. The Kier molecular flexibility index (Phi) is 4.36. The van der Waals surface area contributed by atoms with Gasteiger partial charge in [0.15, 0.2) is 11.5 Å². The Hall–Kier alpha value is -2.07. The third-order valence-corrected chi connectivity index (χ3v) is 2.71. The van der Waals surface area contributed by atoms with Gasteiger partial charge >= 0.3 is 0 Å². The molecule has 0 fully saturated rings. The zero-order valence-corrected chi connectivity index (χ0v) is 10.6. The Morgan fingerprint density at radius 2 is 1.89 bits per heavy atom. The molecule has 0 aromatic heterocycles. The largest absolute Gasteiger partial charge is 0.492 e. The fourth-order valence-electron chi connectivity index (χ4n) is 1.81. The summed E-state index contributed by atoms with van der Waals surface area (Å²) in [4.78, 5) is 0. The van der Waals surface area contributed by atoms with Gasteiger partial charge in [-0.15, -0.1) is 0 Å². The monoisotopic (exact) mass is 262 g/mol. The highest BCUT2D eigenvalue weighted by Crippen LogP contribution is 2.33. The predicted octanol–water partition coefficient (Wildman–Crippen LogP) is 2.91. The Balaban J connectivity index is 2.22. The Morgan fingerprint density at radius 3 is 2.53 bits per heavy atom. The van der Waals surface area contributed by atoms with Crippen molar-refractivity contribution in [2.75, 3.05) is 7.11 Å². The van der Waals surface area contributed by atoms with Gasteiger partial charge in [-0.25, -0.2) is 4.39 Å². The van der Waals surface area contributed by atoms with E-state index in [-0.39, 0.29) is 12.4 Å². The average molecular weight is 262 g/mol. The van der Waals surface area contributed by atoms with Gasteiger partial charge in [-0.05, 0) is 11.6 Å². The quantitative estimate of drug-likeness (QED) is 0.900. The van der Waals surface area contributed by atoms with E-state index in [4.69, 9.17) is 9.47 Å². The molecular weight excluding hydrogens is 247 g/mol. The van der Waals surface area contributed by atoms with Crippen LogP contribution in [0.3, 0.4) is 0 Å². The number of aliphatic hydroxyl groups excluding tert-OH is 1. The number of aliphatic hydroxyl groups is 1. The maximum absolute atomic E-state index is 13.4. The molecule has 1 N–H and O–H groups in total. The maximum atomic E-state index is 13.4. The van der Waals surface area contributed by atoms with Gasteiger partial charge in [0.25, 0.3) is 0 Å². The van der Waals surface area contributed by atoms with Crippen LogP contribution in [0.2, 0.25) is 0 Å². The van der Waals surface area contributed by atoms with Crippen LogP contribution in [0.15, 0.2) is 42.5 Å². The van der Waals surface area contributed by atoms with Crippen molar-refractivity contribution in [2.24, 2.45) is 0 Å². The first-order valence-corrected chi connectivity index (χ1v) is 5.88. The van der Waals surface area contributed by atoms with E-state index < -0.39 is 5.82 Å². The van der Waals surface area contributed by atoms with Crippen LogP contribution in [0.25, 0.3) is 0 Å². The second kappa shape index (κ2) is 6.20. The number of hydrogen-bond donors (Lipinski definition) is 1. The first-order chi connectivity index (χ1) is 9.24. The Labute approximate surface area is 111 Å². The van der Waals surface area contributed by atoms with Crippen molar-refractivity contribution >= 4 is 0 Å². The SMILES string of the molecule is COc1c(CO)cc(F)cc1OCc1ccccc1. The molecule has 0 radical (unpaired) electrons. The normalized spacial score (nSPS) is 10.3. The van der Waals surface area contributed by atoms with Gasteiger partial charge in [0.05, 0.1) is 13.7 Å². The van der Waals surface area contributed by atoms with Gasteiger partial charge in [0, 0.05) is 11.6 Å². The maximum Gasteiger partial charge on any atom is 0.166 e. The van der Waals surface area contributed by atoms with E-state index in [9.17, 15) is 9.50 Å². The zero-order valence-electron chi connectivity index (χ0n) is 10.6. The first-order valence-electron chi connectivity index (χ1n) is 5.88. The predicted molar refractivity (Wildman–Crippen MR) is 69.6 cm³/mol. The summed E-state index contributed by atoms with van der Waals surface area (Å²) in [7, 11) is 1.46. The summed E-state index contributed by atoms with van der Waals surface area (Å²) < 4.78 is 24.1. The van der Waals surface area contributed by atoms with Gasteiger partial charge in [-0.1, -0.05) is 30.3 Å². The summed E-state index contributed by atoms with van der Waals surface area (Å²) in [5, 5.41) is 9.18. The lowest BCUT2D eigenvalue weighted by Crippen LogP contribution is -2.01. The molecule has 0 unspecified atom stereocenters. The molecule has 0 saturated heterocycles. The van der Waals surface area contributed by atoms with E-state index in [0.717, 1.165) is 5.56 Å². The lowest BCUT2D eigenvalue weighted by molar-refractivity contribution is 0.257. The number of halogens is 1. The van der Waals surface area contributed by atoms with Crippen molar-refractivity contribution < 1.29 is 19.0 Å². The number of rotatable bonds is 5. The van der Waals surface area contributed by atoms with E-state index in [2.05, 4.69) is 0 Å². The molecule has 2 aromatic carbocycles. The van der Waals surface area contributed by atoms with Crippen molar-refractivity contribution in [3.63, 3.8) is 0 Å². The molecule has 3 nitrogen and oxygen atoms in total. The summed E-state index contributed by atoms with van der Waals surface area (Å²) in [6, 6.07) is 12.0. The molecule has 0 spiro atoms. The standard InChI is InChI=1S/C15H15FO3/c1-18-15-12(9-17)7-13(16)8-14(15)19-10-11-5-3-2-4-6-11/h2-8,17H,9-10H2,1H3. The molecule has 0 aliphatic carbocycles. The second-order valence-electron chi connectivity index (χ2n) is 4.03. The number of hydrogen-bond acceptors (Lipinski definition) is 3.